The van der Waals surface area contributed by atoms with Gasteiger partial charge in [0.1, 0.15) is 0 Å². The highest BCUT2D eigenvalue weighted by molar-refractivity contribution is 5.80. The number of nitrogens with zero attached hydrogens (tertiary/aromatic N) is 3. The minimum absolute atomic E-state index is 0.0151. The quantitative estimate of drug-likeness (QED) is 0.802. The summed E-state index contributed by atoms with van der Waals surface area (Å²) in [5, 5.41) is 3.91. The zero-order valence-corrected chi connectivity index (χ0v) is 13.9. The summed E-state index contributed by atoms with van der Waals surface area (Å²) in [6, 6.07) is 9.33. The summed E-state index contributed by atoms with van der Waals surface area (Å²) < 4.78 is 20.8. The van der Waals surface area contributed by atoms with Crippen molar-refractivity contribution in [3.8, 4) is 11.4 Å². The monoisotopic (exact) mass is 341 g/mol. The second-order valence-corrected chi connectivity index (χ2v) is 6.76. The van der Waals surface area contributed by atoms with Crippen molar-refractivity contribution in [2.75, 3.05) is 13.1 Å². The van der Waals surface area contributed by atoms with E-state index in [4.69, 9.17) is 4.52 Å². The zero-order valence-electron chi connectivity index (χ0n) is 13.9. The molecule has 0 spiro atoms. The fourth-order valence-corrected chi connectivity index (χ4v) is 3.56. The van der Waals surface area contributed by atoms with Crippen molar-refractivity contribution in [3.05, 3.63) is 48.4 Å². The van der Waals surface area contributed by atoms with Crippen LogP contribution in [0.3, 0.4) is 0 Å². The van der Waals surface area contributed by atoms with Gasteiger partial charge < -0.3 is 9.42 Å². The normalized spacial score (nSPS) is 24.0. The molecule has 1 aliphatic carbocycles. The van der Waals surface area contributed by atoms with E-state index in [2.05, 4.69) is 10.1 Å². The van der Waals surface area contributed by atoms with E-state index < -0.39 is 5.67 Å². The second kappa shape index (κ2) is 6.43. The second-order valence-electron chi connectivity index (χ2n) is 6.76. The van der Waals surface area contributed by atoms with Gasteiger partial charge in [-0.15, -0.1) is 0 Å². The summed E-state index contributed by atoms with van der Waals surface area (Å²) in [7, 11) is 0. The summed E-state index contributed by atoms with van der Waals surface area (Å²) in [5.74, 6) is 0.309. The number of carbonyl (C=O) groups is 1. The molecule has 6 heteroatoms. The molecule has 2 heterocycles. The first-order valence-corrected chi connectivity index (χ1v) is 8.68. The first-order valence-electron chi connectivity index (χ1n) is 8.68. The van der Waals surface area contributed by atoms with Crippen LogP contribution in [0, 0.1) is 5.92 Å². The lowest BCUT2D eigenvalue weighted by molar-refractivity contribution is -0.140. The molecule has 1 atom stereocenters. The van der Waals surface area contributed by atoms with Gasteiger partial charge in [-0.25, -0.2) is 4.39 Å². The number of benzene rings is 1. The van der Waals surface area contributed by atoms with Gasteiger partial charge in [-0.1, -0.05) is 47.6 Å². The third-order valence-corrected chi connectivity index (χ3v) is 4.95. The van der Waals surface area contributed by atoms with Gasteiger partial charge in [0.15, 0.2) is 0 Å². The fraction of sp³-hybridized carbons (Fsp3) is 0.421. The molecule has 25 heavy (non-hydrogen) atoms. The SMILES string of the molecule is O=C(C1CC=CC1)N1CCCC(F)(c2nc(-c3ccccc3)no2)C1. The minimum Gasteiger partial charge on any atom is -0.339 e. The van der Waals surface area contributed by atoms with Gasteiger partial charge in [0.2, 0.25) is 17.4 Å². The van der Waals surface area contributed by atoms with E-state index in [1.54, 1.807) is 4.90 Å². The molecule has 4 rings (SSSR count). The number of hydrogen-bond donors (Lipinski definition) is 0. The average Bonchev–Trinajstić information content (AvgIpc) is 3.34. The van der Waals surface area contributed by atoms with E-state index in [0.29, 0.717) is 18.8 Å². The Hall–Kier alpha value is -2.50. The molecular formula is C19H20FN3O2. The molecule has 0 bridgehead atoms. The van der Waals surface area contributed by atoms with E-state index in [1.165, 1.54) is 0 Å². The molecule has 5 nitrogen and oxygen atoms in total. The predicted octanol–water partition coefficient (Wildman–Crippen LogP) is 3.49. The van der Waals surface area contributed by atoms with Crippen LogP contribution in [-0.2, 0) is 10.5 Å². The molecule has 1 aromatic carbocycles. The molecule has 130 valence electrons. The van der Waals surface area contributed by atoms with Crippen LogP contribution < -0.4 is 0 Å². The average molecular weight is 341 g/mol. The third kappa shape index (κ3) is 3.08. The Morgan fingerprint density at radius 1 is 1.24 bits per heavy atom. The van der Waals surface area contributed by atoms with Crippen molar-refractivity contribution in [2.24, 2.45) is 5.92 Å². The lowest BCUT2D eigenvalue weighted by Gasteiger charge is -2.36. The summed E-state index contributed by atoms with van der Waals surface area (Å²) in [5.41, 5.74) is -0.998. The van der Waals surface area contributed by atoms with E-state index in [0.717, 1.165) is 18.4 Å². The molecular weight excluding hydrogens is 321 g/mol. The summed E-state index contributed by atoms with van der Waals surface area (Å²) in [6.45, 7) is 0.569. The maximum Gasteiger partial charge on any atom is 0.266 e. The standard InChI is InChI=1S/C19H20FN3O2/c20-19(18-21-16(22-25-18)14-7-2-1-3-8-14)11-6-12-23(13-19)17(24)15-9-4-5-10-15/h1-5,7-8,15H,6,9-13H2. The van der Waals surface area contributed by atoms with E-state index >= 15 is 4.39 Å². The van der Waals surface area contributed by atoms with E-state index in [1.807, 2.05) is 42.5 Å². The molecule has 1 fully saturated rings. The van der Waals surface area contributed by atoms with Crippen molar-refractivity contribution in [1.82, 2.24) is 15.0 Å². The highest BCUT2D eigenvalue weighted by Gasteiger charge is 2.44. The molecule has 1 aromatic heterocycles. The Balaban J connectivity index is 1.53. The molecule has 0 saturated carbocycles. The number of amides is 1. The van der Waals surface area contributed by atoms with Crippen LogP contribution in [-0.4, -0.2) is 34.0 Å². The van der Waals surface area contributed by atoms with Crippen LogP contribution in [0.15, 0.2) is 47.0 Å². The number of likely N-dealkylation sites (tertiary alicyclic amines) is 1. The van der Waals surface area contributed by atoms with Crippen LogP contribution in [0.4, 0.5) is 4.39 Å². The topological polar surface area (TPSA) is 59.2 Å². The number of allylic oxidation sites excluding steroid dienone is 2. The van der Waals surface area contributed by atoms with Crippen molar-refractivity contribution in [1.29, 1.82) is 0 Å². The Morgan fingerprint density at radius 2 is 2.00 bits per heavy atom. The summed E-state index contributed by atoms with van der Waals surface area (Å²) >= 11 is 0. The van der Waals surface area contributed by atoms with Crippen LogP contribution in [0.2, 0.25) is 0 Å². The Labute approximate surface area is 145 Å². The van der Waals surface area contributed by atoms with Crippen LogP contribution in [0.1, 0.15) is 31.6 Å². The lowest BCUT2D eigenvalue weighted by atomic mass is 9.93. The van der Waals surface area contributed by atoms with Gasteiger partial charge in [-0.3, -0.25) is 4.79 Å². The van der Waals surface area contributed by atoms with Crippen LogP contribution >= 0.6 is 0 Å². The smallest absolute Gasteiger partial charge is 0.266 e. The largest absolute Gasteiger partial charge is 0.339 e. The number of halogens is 1. The van der Waals surface area contributed by atoms with Crippen molar-refractivity contribution < 1.29 is 13.7 Å². The number of alkyl halides is 1. The summed E-state index contributed by atoms with van der Waals surface area (Å²) in [6.07, 6.45) is 6.39. The van der Waals surface area contributed by atoms with Crippen molar-refractivity contribution in [3.63, 3.8) is 0 Å². The van der Waals surface area contributed by atoms with Gasteiger partial charge in [-0.2, -0.15) is 4.98 Å². The molecule has 1 unspecified atom stereocenters. The van der Waals surface area contributed by atoms with Gasteiger partial charge in [0.05, 0.1) is 6.54 Å². The molecule has 2 aliphatic rings. The zero-order chi connectivity index (χ0) is 17.3. The summed E-state index contributed by atoms with van der Waals surface area (Å²) in [4.78, 5) is 18.5. The molecule has 1 saturated heterocycles. The third-order valence-electron chi connectivity index (χ3n) is 4.95. The molecule has 0 radical (unpaired) electrons. The maximum atomic E-state index is 15.5. The Bertz CT molecular complexity index is 781. The highest BCUT2D eigenvalue weighted by atomic mass is 19.1. The van der Waals surface area contributed by atoms with Gasteiger partial charge in [0, 0.05) is 18.0 Å². The molecule has 0 N–H and O–H groups in total. The Kier molecular flexibility index (Phi) is 4.11. The highest BCUT2D eigenvalue weighted by Crippen LogP contribution is 2.36. The number of carbonyl (C=O) groups excluding carboxylic acids is 1. The number of piperidine rings is 1. The van der Waals surface area contributed by atoms with E-state index in [9.17, 15) is 4.79 Å². The number of hydrogen-bond acceptors (Lipinski definition) is 4. The maximum absolute atomic E-state index is 15.5. The van der Waals surface area contributed by atoms with Gasteiger partial charge in [0.25, 0.3) is 5.89 Å². The molecule has 1 amide bonds. The molecule has 2 aromatic rings. The molecule has 1 aliphatic heterocycles. The Morgan fingerprint density at radius 3 is 2.76 bits per heavy atom. The van der Waals surface area contributed by atoms with Crippen molar-refractivity contribution in [2.45, 2.75) is 31.4 Å². The first-order chi connectivity index (χ1) is 12.2. The van der Waals surface area contributed by atoms with Gasteiger partial charge >= 0.3 is 0 Å². The predicted molar refractivity (Wildman–Crippen MR) is 90.2 cm³/mol. The van der Waals surface area contributed by atoms with Crippen molar-refractivity contribution >= 4 is 5.91 Å². The lowest BCUT2D eigenvalue weighted by Crippen LogP contribution is -2.48. The van der Waals surface area contributed by atoms with Crippen LogP contribution in [0.5, 0.6) is 0 Å². The minimum atomic E-state index is -1.78. The first kappa shape index (κ1) is 16.0. The number of aromatic nitrogens is 2. The van der Waals surface area contributed by atoms with Gasteiger partial charge in [-0.05, 0) is 25.7 Å². The van der Waals surface area contributed by atoms with E-state index in [-0.39, 0.29) is 30.7 Å². The fourth-order valence-electron chi connectivity index (χ4n) is 3.56. The van der Waals surface area contributed by atoms with Crippen LogP contribution in [0.25, 0.3) is 11.4 Å². The number of rotatable bonds is 3.